The van der Waals surface area contributed by atoms with E-state index in [0.717, 1.165) is 0 Å². The third-order valence-corrected chi connectivity index (χ3v) is 3.97. The van der Waals surface area contributed by atoms with E-state index in [0.29, 0.717) is 19.2 Å². The van der Waals surface area contributed by atoms with Gasteiger partial charge in [-0.15, -0.1) is 0 Å². The number of urea groups is 1. The zero-order chi connectivity index (χ0) is 14.5. The Morgan fingerprint density at radius 1 is 1.35 bits per heavy atom. The molecule has 1 heterocycles. The van der Waals surface area contributed by atoms with Crippen LogP contribution in [0.25, 0.3) is 0 Å². The lowest BCUT2D eigenvalue weighted by atomic mass is 10.1. The van der Waals surface area contributed by atoms with Gasteiger partial charge in [0.05, 0.1) is 18.8 Å². The molecule has 2 fully saturated rings. The first-order chi connectivity index (χ1) is 9.56. The van der Waals surface area contributed by atoms with Gasteiger partial charge in [-0.25, -0.2) is 4.79 Å². The summed E-state index contributed by atoms with van der Waals surface area (Å²) in [7, 11) is 0. The molecule has 0 aromatic rings. The molecule has 3 atom stereocenters. The van der Waals surface area contributed by atoms with E-state index in [1.807, 2.05) is 13.8 Å². The van der Waals surface area contributed by atoms with Crippen molar-refractivity contribution in [1.82, 2.24) is 16.0 Å². The number of aliphatic hydroxyl groups is 1. The maximum Gasteiger partial charge on any atom is 0.315 e. The Hall–Kier alpha value is -0.850. The van der Waals surface area contributed by atoms with Gasteiger partial charge in [0, 0.05) is 18.6 Å². The van der Waals surface area contributed by atoms with Crippen LogP contribution in [0.3, 0.4) is 0 Å². The lowest BCUT2D eigenvalue weighted by Crippen LogP contribution is -2.49. The Morgan fingerprint density at radius 3 is 2.70 bits per heavy atom. The summed E-state index contributed by atoms with van der Waals surface area (Å²) in [6.07, 6.45) is 4.01. The number of rotatable bonds is 5. The smallest absolute Gasteiger partial charge is 0.315 e. The van der Waals surface area contributed by atoms with Crippen molar-refractivity contribution in [3.63, 3.8) is 0 Å². The van der Waals surface area contributed by atoms with E-state index in [1.165, 1.54) is 25.7 Å². The molecule has 1 aliphatic heterocycles. The molecular formula is C14H27N3O3. The standard InChI is InChI=1S/C14H27N3O3/c1-9(2)16-14(19)15-7-12-13(18)11(8-20-12)17-10-5-3-4-6-10/h9-13,17-18H,3-8H2,1-2H3,(H2,15,16,19). The van der Waals surface area contributed by atoms with Crippen LogP contribution in [0.15, 0.2) is 0 Å². The van der Waals surface area contributed by atoms with Gasteiger partial charge in [0.1, 0.15) is 6.10 Å². The molecule has 2 aliphatic rings. The summed E-state index contributed by atoms with van der Waals surface area (Å²) in [5.74, 6) is 0. The predicted molar refractivity (Wildman–Crippen MR) is 76.6 cm³/mol. The minimum absolute atomic E-state index is 0.0157. The SMILES string of the molecule is CC(C)NC(=O)NCC1OCC(NC2CCCC2)C1O. The normalized spacial score (nSPS) is 30.9. The van der Waals surface area contributed by atoms with Crippen molar-refractivity contribution in [2.75, 3.05) is 13.2 Å². The predicted octanol–water partition coefficient (Wildman–Crippen LogP) is 0.355. The van der Waals surface area contributed by atoms with E-state index < -0.39 is 6.10 Å². The Morgan fingerprint density at radius 2 is 2.05 bits per heavy atom. The third-order valence-electron chi connectivity index (χ3n) is 3.97. The summed E-state index contributed by atoms with van der Waals surface area (Å²) >= 11 is 0. The molecule has 0 spiro atoms. The Kier molecular flexibility index (Phi) is 5.63. The lowest BCUT2D eigenvalue weighted by Gasteiger charge is -2.22. The van der Waals surface area contributed by atoms with Gasteiger partial charge in [-0.05, 0) is 26.7 Å². The summed E-state index contributed by atoms with van der Waals surface area (Å²) < 4.78 is 5.59. The number of amides is 2. The molecule has 1 saturated heterocycles. The Balaban J connectivity index is 1.70. The molecule has 2 amide bonds. The molecule has 6 heteroatoms. The highest BCUT2D eigenvalue weighted by Crippen LogP contribution is 2.21. The summed E-state index contributed by atoms with van der Waals surface area (Å²) in [6.45, 7) is 4.66. The number of hydrogen-bond donors (Lipinski definition) is 4. The Labute approximate surface area is 120 Å². The fourth-order valence-corrected chi connectivity index (χ4v) is 2.91. The number of carbonyl (C=O) groups excluding carboxylic acids is 1. The van der Waals surface area contributed by atoms with E-state index in [4.69, 9.17) is 4.74 Å². The minimum atomic E-state index is -0.560. The van der Waals surface area contributed by atoms with Crippen LogP contribution in [0.4, 0.5) is 4.79 Å². The van der Waals surface area contributed by atoms with Gasteiger partial charge in [-0.2, -0.15) is 0 Å². The molecule has 20 heavy (non-hydrogen) atoms. The van der Waals surface area contributed by atoms with Crippen LogP contribution in [0, 0.1) is 0 Å². The lowest BCUT2D eigenvalue weighted by molar-refractivity contribution is 0.0422. The molecule has 2 rings (SSSR count). The first-order valence-corrected chi connectivity index (χ1v) is 7.66. The molecule has 0 aromatic heterocycles. The van der Waals surface area contributed by atoms with Crippen molar-refractivity contribution in [2.45, 2.75) is 69.9 Å². The molecule has 1 saturated carbocycles. The van der Waals surface area contributed by atoms with Gasteiger partial charge in [-0.1, -0.05) is 12.8 Å². The Bertz CT molecular complexity index is 319. The molecule has 116 valence electrons. The van der Waals surface area contributed by atoms with E-state index in [2.05, 4.69) is 16.0 Å². The van der Waals surface area contributed by atoms with Gasteiger partial charge < -0.3 is 25.8 Å². The highest BCUT2D eigenvalue weighted by atomic mass is 16.5. The number of nitrogens with one attached hydrogen (secondary N) is 3. The van der Waals surface area contributed by atoms with Crippen molar-refractivity contribution in [2.24, 2.45) is 0 Å². The van der Waals surface area contributed by atoms with Gasteiger partial charge in [0.25, 0.3) is 0 Å². The average Bonchev–Trinajstić information content (AvgIpc) is 2.99. The molecule has 0 aromatic carbocycles. The van der Waals surface area contributed by atoms with Crippen molar-refractivity contribution >= 4 is 6.03 Å². The van der Waals surface area contributed by atoms with Crippen LogP contribution < -0.4 is 16.0 Å². The summed E-state index contributed by atoms with van der Waals surface area (Å²) in [5, 5.41) is 19.2. The maximum absolute atomic E-state index is 11.5. The third kappa shape index (κ3) is 4.33. The number of carbonyl (C=O) groups is 1. The van der Waals surface area contributed by atoms with Crippen molar-refractivity contribution < 1.29 is 14.6 Å². The van der Waals surface area contributed by atoms with Crippen LogP contribution in [0.5, 0.6) is 0 Å². The highest BCUT2D eigenvalue weighted by Gasteiger charge is 2.37. The summed E-state index contributed by atoms with van der Waals surface area (Å²) in [4.78, 5) is 11.5. The van der Waals surface area contributed by atoms with Crippen molar-refractivity contribution in [1.29, 1.82) is 0 Å². The first kappa shape index (κ1) is 15.5. The van der Waals surface area contributed by atoms with Crippen LogP contribution in [-0.2, 0) is 4.74 Å². The first-order valence-electron chi connectivity index (χ1n) is 7.66. The molecule has 3 unspecified atom stereocenters. The largest absolute Gasteiger partial charge is 0.389 e. The van der Waals surface area contributed by atoms with Gasteiger partial charge in [-0.3, -0.25) is 0 Å². The van der Waals surface area contributed by atoms with E-state index in [9.17, 15) is 9.90 Å². The molecule has 1 aliphatic carbocycles. The number of hydrogen-bond acceptors (Lipinski definition) is 4. The summed E-state index contributed by atoms with van der Waals surface area (Å²) in [6, 6.07) is 0.372. The topological polar surface area (TPSA) is 82.6 Å². The molecule has 0 radical (unpaired) electrons. The fourth-order valence-electron chi connectivity index (χ4n) is 2.91. The van der Waals surface area contributed by atoms with Crippen LogP contribution in [-0.4, -0.2) is 54.6 Å². The average molecular weight is 285 g/mol. The van der Waals surface area contributed by atoms with E-state index in [1.54, 1.807) is 0 Å². The zero-order valence-electron chi connectivity index (χ0n) is 12.4. The van der Waals surface area contributed by atoms with Crippen LogP contribution >= 0.6 is 0 Å². The fraction of sp³-hybridized carbons (Fsp3) is 0.929. The second kappa shape index (κ2) is 7.24. The molecular weight excluding hydrogens is 258 g/mol. The second-order valence-corrected chi connectivity index (χ2v) is 6.13. The van der Waals surface area contributed by atoms with Gasteiger partial charge in [0.2, 0.25) is 0 Å². The van der Waals surface area contributed by atoms with Gasteiger partial charge in [0.15, 0.2) is 0 Å². The molecule has 4 N–H and O–H groups in total. The summed E-state index contributed by atoms with van der Waals surface area (Å²) in [5.41, 5.74) is 0. The van der Waals surface area contributed by atoms with Crippen LogP contribution in [0.1, 0.15) is 39.5 Å². The molecule has 6 nitrogen and oxygen atoms in total. The van der Waals surface area contributed by atoms with Gasteiger partial charge >= 0.3 is 6.03 Å². The quantitative estimate of drug-likeness (QED) is 0.587. The van der Waals surface area contributed by atoms with E-state index in [-0.39, 0.29) is 24.2 Å². The van der Waals surface area contributed by atoms with E-state index >= 15 is 0 Å². The number of ether oxygens (including phenoxy) is 1. The molecule has 0 bridgehead atoms. The highest BCUT2D eigenvalue weighted by molar-refractivity contribution is 5.74. The maximum atomic E-state index is 11.5. The van der Waals surface area contributed by atoms with Crippen molar-refractivity contribution in [3.8, 4) is 0 Å². The number of aliphatic hydroxyl groups excluding tert-OH is 1. The van der Waals surface area contributed by atoms with Crippen molar-refractivity contribution in [3.05, 3.63) is 0 Å². The monoisotopic (exact) mass is 285 g/mol. The zero-order valence-corrected chi connectivity index (χ0v) is 12.4. The minimum Gasteiger partial charge on any atom is -0.389 e. The second-order valence-electron chi connectivity index (χ2n) is 6.13. The van der Waals surface area contributed by atoms with Crippen LogP contribution in [0.2, 0.25) is 0 Å².